The zero-order valence-corrected chi connectivity index (χ0v) is 8.95. The first-order valence-corrected chi connectivity index (χ1v) is 5.65. The second-order valence-electron chi connectivity index (χ2n) is 4.51. The number of carbonyl (C=O) groups is 1. The van der Waals surface area contributed by atoms with E-state index in [0.717, 1.165) is 19.3 Å². The van der Waals surface area contributed by atoms with Crippen LogP contribution in [0.3, 0.4) is 0 Å². The summed E-state index contributed by atoms with van der Waals surface area (Å²) in [5.41, 5.74) is 0. The van der Waals surface area contributed by atoms with Crippen LogP contribution in [-0.2, 0) is 9.53 Å². The normalized spacial score (nSPS) is 42.9. The molecule has 2 aliphatic rings. The van der Waals surface area contributed by atoms with Crippen molar-refractivity contribution in [2.75, 3.05) is 0 Å². The highest BCUT2D eigenvalue weighted by Gasteiger charge is 2.39. The summed E-state index contributed by atoms with van der Waals surface area (Å²) < 4.78 is 5.83. The van der Waals surface area contributed by atoms with E-state index in [2.05, 4.69) is 19.2 Å². The second kappa shape index (κ2) is 3.89. The maximum Gasteiger partial charge on any atom is 0.220 e. The summed E-state index contributed by atoms with van der Waals surface area (Å²) in [4.78, 5) is 11.3. The van der Waals surface area contributed by atoms with Crippen LogP contribution in [0, 0.1) is 5.92 Å². The van der Waals surface area contributed by atoms with Gasteiger partial charge in [0.05, 0.1) is 12.2 Å². The lowest BCUT2D eigenvalue weighted by molar-refractivity contribution is -0.119. The summed E-state index contributed by atoms with van der Waals surface area (Å²) in [5.74, 6) is 0.613. The Morgan fingerprint density at radius 3 is 2.86 bits per heavy atom. The molecule has 4 atom stereocenters. The first-order valence-electron chi connectivity index (χ1n) is 5.65. The molecule has 0 aromatic carbocycles. The van der Waals surface area contributed by atoms with E-state index in [1.54, 1.807) is 0 Å². The number of carbonyl (C=O) groups excluding carboxylic acids is 1. The molecular weight excluding hydrogens is 178 g/mol. The van der Waals surface area contributed by atoms with E-state index >= 15 is 0 Å². The SMILES string of the molecule is CCC1NC(=O)CC1C1CCC(C)O1. The van der Waals surface area contributed by atoms with E-state index in [1.165, 1.54) is 0 Å². The Labute approximate surface area is 85.2 Å². The topological polar surface area (TPSA) is 38.3 Å². The number of hydrogen-bond donors (Lipinski definition) is 1. The van der Waals surface area contributed by atoms with Gasteiger partial charge in [0, 0.05) is 18.4 Å². The Morgan fingerprint density at radius 2 is 2.29 bits per heavy atom. The summed E-state index contributed by atoms with van der Waals surface area (Å²) in [7, 11) is 0. The first kappa shape index (κ1) is 9.97. The van der Waals surface area contributed by atoms with Gasteiger partial charge in [-0.2, -0.15) is 0 Å². The van der Waals surface area contributed by atoms with Crippen LogP contribution < -0.4 is 5.32 Å². The zero-order valence-electron chi connectivity index (χ0n) is 8.95. The molecule has 0 spiro atoms. The quantitative estimate of drug-likeness (QED) is 0.728. The van der Waals surface area contributed by atoms with Crippen LogP contribution in [-0.4, -0.2) is 24.2 Å². The van der Waals surface area contributed by atoms with Gasteiger partial charge in [-0.1, -0.05) is 6.92 Å². The molecule has 2 heterocycles. The zero-order chi connectivity index (χ0) is 10.1. The minimum Gasteiger partial charge on any atom is -0.375 e. The smallest absolute Gasteiger partial charge is 0.220 e. The van der Waals surface area contributed by atoms with Crippen molar-refractivity contribution in [3.05, 3.63) is 0 Å². The number of amides is 1. The van der Waals surface area contributed by atoms with Gasteiger partial charge < -0.3 is 10.1 Å². The van der Waals surface area contributed by atoms with Gasteiger partial charge in [-0.25, -0.2) is 0 Å². The average Bonchev–Trinajstić information content (AvgIpc) is 2.71. The molecular formula is C11H19NO2. The van der Waals surface area contributed by atoms with Crippen molar-refractivity contribution in [1.29, 1.82) is 0 Å². The van der Waals surface area contributed by atoms with E-state index < -0.39 is 0 Å². The lowest BCUT2D eigenvalue weighted by Crippen LogP contribution is -2.33. The Bertz CT molecular complexity index is 229. The minimum atomic E-state index is 0.199. The molecule has 0 aliphatic carbocycles. The van der Waals surface area contributed by atoms with Gasteiger partial charge in [0.25, 0.3) is 0 Å². The van der Waals surface area contributed by atoms with E-state index in [9.17, 15) is 4.79 Å². The van der Waals surface area contributed by atoms with Crippen molar-refractivity contribution in [2.45, 2.75) is 57.8 Å². The van der Waals surface area contributed by atoms with Crippen LogP contribution in [0.2, 0.25) is 0 Å². The van der Waals surface area contributed by atoms with Crippen molar-refractivity contribution >= 4 is 5.91 Å². The first-order chi connectivity index (χ1) is 6.70. The molecule has 3 heteroatoms. The fourth-order valence-corrected chi connectivity index (χ4v) is 2.67. The summed E-state index contributed by atoms with van der Waals surface area (Å²) in [6.45, 7) is 4.24. The van der Waals surface area contributed by atoms with Gasteiger partial charge in [0.15, 0.2) is 0 Å². The molecule has 0 aromatic rings. The number of nitrogens with one attached hydrogen (secondary N) is 1. The van der Waals surface area contributed by atoms with Gasteiger partial charge in [-0.15, -0.1) is 0 Å². The molecule has 14 heavy (non-hydrogen) atoms. The number of hydrogen-bond acceptors (Lipinski definition) is 2. The maximum atomic E-state index is 11.3. The number of rotatable bonds is 2. The third kappa shape index (κ3) is 1.78. The minimum absolute atomic E-state index is 0.199. The van der Waals surface area contributed by atoms with Crippen molar-refractivity contribution < 1.29 is 9.53 Å². The molecule has 1 amide bonds. The van der Waals surface area contributed by atoms with Gasteiger partial charge in [0.2, 0.25) is 5.91 Å². The molecule has 0 aromatic heterocycles. The Hall–Kier alpha value is -0.570. The second-order valence-corrected chi connectivity index (χ2v) is 4.51. The van der Waals surface area contributed by atoms with Gasteiger partial charge >= 0.3 is 0 Å². The Kier molecular flexibility index (Phi) is 2.77. The van der Waals surface area contributed by atoms with Gasteiger partial charge in [0.1, 0.15) is 0 Å². The van der Waals surface area contributed by atoms with Crippen LogP contribution in [0.25, 0.3) is 0 Å². The molecule has 1 N–H and O–H groups in total. The molecule has 2 saturated heterocycles. The summed E-state index contributed by atoms with van der Waals surface area (Å²) in [6.07, 6.45) is 4.64. The molecule has 4 unspecified atom stereocenters. The van der Waals surface area contributed by atoms with Crippen LogP contribution in [0.4, 0.5) is 0 Å². The number of ether oxygens (including phenoxy) is 1. The van der Waals surface area contributed by atoms with E-state index in [-0.39, 0.29) is 5.91 Å². The fourth-order valence-electron chi connectivity index (χ4n) is 2.67. The Balaban J connectivity index is 1.99. The molecule has 80 valence electrons. The van der Waals surface area contributed by atoms with Crippen LogP contribution in [0.5, 0.6) is 0 Å². The van der Waals surface area contributed by atoms with Crippen molar-refractivity contribution in [3.8, 4) is 0 Å². The van der Waals surface area contributed by atoms with E-state index in [4.69, 9.17) is 4.74 Å². The van der Waals surface area contributed by atoms with Crippen molar-refractivity contribution in [1.82, 2.24) is 5.32 Å². The van der Waals surface area contributed by atoms with Crippen molar-refractivity contribution in [3.63, 3.8) is 0 Å². The average molecular weight is 197 g/mol. The maximum absolute atomic E-state index is 11.3. The van der Waals surface area contributed by atoms with Crippen LogP contribution in [0.15, 0.2) is 0 Å². The molecule has 2 rings (SSSR count). The fraction of sp³-hybridized carbons (Fsp3) is 0.909. The molecule has 0 radical (unpaired) electrons. The highest BCUT2D eigenvalue weighted by atomic mass is 16.5. The predicted octanol–water partition coefficient (Wildman–Crippen LogP) is 1.47. The predicted molar refractivity (Wildman–Crippen MR) is 53.9 cm³/mol. The molecule has 2 fully saturated rings. The van der Waals surface area contributed by atoms with Gasteiger partial charge in [-0.3, -0.25) is 4.79 Å². The summed E-state index contributed by atoms with van der Waals surface area (Å²) >= 11 is 0. The highest BCUT2D eigenvalue weighted by molar-refractivity contribution is 5.79. The largest absolute Gasteiger partial charge is 0.375 e. The van der Waals surface area contributed by atoms with Gasteiger partial charge in [-0.05, 0) is 26.2 Å². The summed E-state index contributed by atoms with van der Waals surface area (Å²) in [6, 6.07) is 0.345. The monoisotopic (exact) mass is 197 g/mol. The molecule has 3 nitrogen and oxygen atoms in total. The molecule has 0 saturated carbocycles. The highest BCUT2D eigenvalue weighted by Crippen LogP contribution is 2.32. The van der Waals surface area contributed by atoms with Crippen LogP contribution >= 0.6 is 0 Å². The summed E-state index contributed by atoms with van der Waals surface area (Å²) in [5, 5.41) is 3.03. The lowest BCUT2D eigenvalue weighted by atomic mass is 9.91. The lowest BCUT2D eigenvalue weighted by Gasteiger charge is -2.23. The Morgan fingerprint density at radius 1 is 1.50 bits per heavy atom. The molecule has 2 aliphatic heterocycles. The molecule has 0 bridgehead atoms. The van der Waals surface area contributed by atoms with E-state index in [0.29, 0.717) is 30.6 Å². The third-order valence-corrected chi connectivity index (χ3v) is 3.47. The van der Waals surface area contributed by atoms with Crippen molar-refractivity contribution in [2.24, 2.45) is 5.92 Å². The standard InChI is InChI=1S/C11H19NO2/c1-3-9-8(6-11(13)12-9)10-5-4-7(2)14-10/h7-10H,3-6H2,1-2H3,(H,12,13). The van der Waals surface area contributed by atoms with Crippen LogP contribution in [0.1, 0.15) is 39.5 Å². The third-order valence-electron chi connectivity index (χ3n) is 3.47. The van der Waals surface area contributed by atoms with E-state index in [1.807, 2.05) is 0 Å².